The molecule has 0 unspecified atom stereocenters. The first-order valence-electron chi connectivity index (χ1n) is 3.41. The molecule has 1 nitrogen and oxygen atoms in total. The minimum absolute atomic E-state index is 0.0519. The molecule has 5 heteroatoms. The van der Waals surface area contributed by atoms with E-state index in [1.165, 1.54) is 12.4 Å². The van der Waals surface area contributed by atoms with Crippen molar-refractivity contribution in [2.75, 3.05) is 0 Å². The number of halogens is 4. The second-order valence-corrected chi connectivity index (χ2v) is 2.92. The molecule has 0 spiro atoms. The average Bonchev–Trinajstić information content (AvgIpc) is 2.59. The van der Waals surface area contributed by atoms with Gasteiger partial charge < -0.3 is 4.98 Å². The Hall–Kier alpha value is -1.16. The standard InChI is InChI=1S/C8H3ClF3N/c9-5-6(10)3-1-13-2-4(3)7(11)8(5)12/h1-2,13H. The normalized spacial score (nSPS) is 11.1. The van der Waals surface area contributed by atoms with Crippen LogP contribution in [0.1, 0.15) is 0 Å². The number of benzene rings is 1. The van der Waals surface area contributed by atoms with Gasteiger partial charge in [0, 0.05) is 23.2 Å². The zero-order valence-electron chi connectivity index (χ0n) is 6.17. The lowest BCUT2D eigenvalue weighted by Gasteiger charge is -1.99. The molecular weight excluding hydrogens is 203 g/mol. The third-order valence-corrected chi connectivity index (χ3v) is 2.13. The SMILES string of the molecule is Fc1c(Cl)c(F)c2c[nH]cc2c1F. The van der Waals surface area contributed by atoms with Crippen molar-refractivity contribution in [3.8, 4) is 0 Å². The number of aromatic nitrogens is 1. The van der Waals surface area contributed by atoms with Gasteiger partial charge in [0.1, 0.15) is 5.02 Å². The van der Waals surface area contributed by atoms with Gasteiger partial charge in [0.25, 0.3) is 0 Å². The molecule has 1 aromatic carbocycles. The predicted molar refractivity (Wildman–Crippen MR) is 43.2 cm³/mol. The Labute approximate surface area is 76.1 Å². The summed E-state index contributed by atoms with van der Waals surface area (Å²) in [5.74, 6) is -3.44. The Bertz CT molecular complexity index is 436. The molecular formula is C8H3ClF3N. The van der Waals surface area contributed by atoms with Crippen LogP contribution >= 0.6 is 11.6 Å². The van der Waals surface area contributed by atoms with E-state index in [9.17, 15) is 13.2 Å². The second-order valence-electron chi connectivity index (χ2n) is 2.54. The first-order chi connectivity index (χ1) is 6.13. The molecule has 0 aliphatic carbocycles. The molecule has 0 fully saturated rings. The molecule has 0 atom stereocenters. The Morgan fingerprint density at radius 3 is 2.08 bits per heavy atom. The molecule has 68 valence electrons. The molecule has 1 heterocycles. The van der Waals surface area contributed by atoms with Crippen molar-refractivity contribution < 1.29 is 13.2 Å². The number of hydrogen-bond acceptors (Lipinski definition) is 0. The summed E-state index contributed by atoms with van der Waals surface area (Å²) in [4.78, 5) is 2.47. The second kappa shape index (κ2) is 2.67. The first kappa shape index (κ1) is 8.44. The van der Waals surface area contributed by atoms with E-state index in [4.69, 9.17) is 11.6 Å². The van der Waals surface area contributed by atoms with Gasteiger partial charge in [-0.1, -0.05) is 11.6 Å². The van der Waals surface area contributed by atoms with Gasteiger partial charge in [-0.15, -0.1) is 0 Å². The lowest BCUT2D eigenvalue weighted by atomic mass is 10.2. The van der Waals surface area contributed by atoms with Gasteiger partial charge in [-0.05, 0) is 0 Å². The zero-order chi connectivity index (χ0) is 9.59. The van der Waals surface area contributed by atoms with Gasteiger partial charge in [-0.25, -0.2) is 13.2 Å². The van der Waals surface area contributed by atoms with Crippen molar-refractivity contribution in [1.82, 2.24) is 4.98 Å². The molecule has 0 aliphatic rings. The van der Waals surface area contributed by atoms with E-state index >= 15 is 0 Å². The summed E-state index contributed by atoms with van der Waals surface area (Å²) in [6, 6.07) is 0. The maximum atomic E-state index is 13.1. The van der Waals surface area contributed by atoms with Crippen LogP contribution < -0.4 is 0 Å². The fourth-order valence-electron chi connectivity index (χ4n) is 1.16. The summed E-state index contributed by atoms with van der Waals surface area (Å²) in [7, 11) is 0. The first-order valence-corrected chi connectivity index (χ1v) is 3.79. The number of H-pyrrole nitrogens is 1. The van der Waals surface area contributed by atoms with Gasteiger partial charge >= 0.3 is 0 Å². The number of nitrogens with one attached hydrogen (secondary N) is 1. The van der Waals surface area contributed by atoms with Gasteiger partial charge in [0.15, 0.2) is 17.5 Å². The Morgan fingerprint density at radius 2 is 1.46 bits per heavy atom. The maximum absolute atomic E-state index is 13.1. The smallest absolute Gasteiger partial charge is 0.181 e. The topological polar surface area (TPSA) is 15.8 Å². The number of rotatable bonds is 0. The maximum Gasteiger partial charge on any atom is 0.181 e. The summed E-state index contributed by atoms with van der Waals surface area (Å²) in [5.41, 5.74) is 0. The highest BCUT2D eigenvalue weighted by molar-refractivity contribution is 6.31. The van der Waals surface area contributed by atoms with E-state index < -0.39 is 22.5 Å². The summed E-state index contributed by atoms with van der Waals surface area (Å²) in [6.07, 6.45) is 2.40. The molecule has 0 amide bonds. The van der Waals surface area contributed by atoms with Crippen molar-refractivity contribution >= 4 is 22.4 Å². The molecule has 13 heavy (non-hydrogen) atoms. The largest absolute Gasteiger partial charge is 0.366 e. The summed E-state index contributed by atoms with van der Waals surface area (Å²) >= 11 is 5.21. The lowest BCUT2D eigenvalue weighted by Crippen LogP contribution is -1.90. The van der Waals surface area contributed by atoms with E-state index in [0.29, 0.717) is 0 Å². The van der Waals surface area contributed by atoms with E-state index in [2.05, 4.69) is 4.98 Å². The summed E-state index contributed by atoms with van der Waals surface area (Å²) in [5, 5.41) is -1.01. The van der Waals surface area contributed by atoms with Crippen LogP contribution in [0, 0.1) is 17.5 Å². The quantitative estimate of drug-likeness (QED) is 0.502. The Morgan fingerprint density at radius 1 is 0.923 bits per heavy atom. The van der Waals surface area contributed by atoms with Crippen LogP contribution in [0.25, 0.3) is 10.8 Å². The van der Waals surface area contributed by atoms with E-state index in [-0.39, 0.29) is 10.8 Å². The molecule has 0 aliphatic heterocycles. The summed E-state index contributed by atoms with van der Waals surface area (Å²) < 4.78 is 39.0. The highest BCUT2D eigenvalue weighted by atomic mass is 35.5. The van der Waals surface area contributed by atoms with Crippen LogP contribution in [0.4, 0.5) is 13.2 Å². The van der Waals surface area contributed by atoms with Gasteiger partial charge in [0.05, 0.1) is 0 Å². The van der Waals surface area contributed by atoms with Crippen molar-refractivity contribution in [3.63, 3.8) is 0 Å². The molecule has 0 saturated carbocycles. The van der Waals surface area contributed by atoms with Crippen LogP contribution in [0.15, 0.2) is 12.4 Å². The highest BCUT2D eigenvalue weighted by Crippen LogP contribution is 2.30. The zero-order valence-corrected chi connectivity index (χ0v) is 6.92. The molecule has 1 N–H and O–H groups in total. The minimum Gasteiger partial charge on any atom is -0.366 e. The number of fused-ring (bicyclic) bond motifs is 1. The molecule has 0 saturated heterocycles. The van der Waals surface area contributed by atoms with Gasteiger partial charge in [-0.3, -0.25) is 0 Å². The van der Waals surface area contributed by atoms with E-state index in [1.54, 1.807) is 0 Å². The fraction of sp³-hybridized carbons (Fsp3) is 0. The van der Waals surface area contributed by atoms with Crippen molar-refractivity contribution in [1.29, 1.82) is 0 Å². The van der Waals surface area contributed by atoms with Crippen molar-refractivity contribution in [3.05, 3.63) is 34.9 Å². The molecule has 2 rings (SSSR count). The van der Waals surface area contributed by atoms with E-state index in [0.717, 1.165) is 0 Å². The van der Waals surface area contributed by atoms with Crippen molar-refractivity contribution in [2.45, 2.75) is 0 Å². The monoisotopic (exact) mass is 205 g/mol. The van der Waals surface area contributed by atoms with Crippen LogP contribution in [0.2, 0.25) is 5.02 Å². The van der Waals surface area contributed by atoms with Gasteiger partial charge in [-0.2, -0.15) is 0 Å². The third kappa shape index (κ3) is 1.02. The van der Waals surface area contributed by atoms with Crippen LogP contribution in [0.3, 0.4) is 0 Å². The van der Waals surface area contributed by atoms with Gasteiger partial charge in [0.2, 0.25) is 0 Å². The Kier molecular flexibility index (Phi) is 1.73. The Balaban J connectivity index is 3.02. The van der Waals surface area contributed by atoms with Crippen LogP contribution in [-0.2, 0) is 0 Å². The third-order valence-electron chi connectivity index (χ3n) is 1.80. The molecule has 2 aromatic rings. The number of aromatic amines is 1. The molecule has 0 bridgehead atoms. The fourth-order valence-corrected chi connectivity index (χ4v) is 1.34. The molecule has 0 radical (unpaired) electrons. The predicted octanol–water partition coefficient (Wildman–Crippen LogP) is 3.24. The lowest BCUT2D eigenvalue weighted by molar-refractivity contribution is 0.506. The highest BCUT2D eigenvalue weighted by Gasteiger charge is 2.18. The molecule has 1 aromatic heterocycles. The van der Waals surface area contributed by atoms with E-state index in [1.807, 2.05) is 0 Å². The average molecular weight is 206 g/mol. The minimum atomic E-state index is -1.36. The van der Waals surface area contributed by atoms with Crippen LogP contribution in [0.5, 0.6) is 0 Å². The number of hydrogen-bond donors (Lipinski definition) is 1. The summed E-state index contributed by atoms with van der Waals surface area (Å²) in [6.45, 7) is 0. The van der Waals surface area contributed by atoms with Crippen LogP contribution in [-0.4, -0.2) is 4.98 Å². The van der Waals surface area contributed by atoms with Crippen molar-refractivity contribution in [2.24, 2.45) is 0 Å².